The van der Waals surface area contributed by atoms with Gasteiger partial charge in [-0.15, -0.1) is 0 Å². The molecule has 0 aliphatic carbocycles. The number of carbonyl (C=O) groups is 2. The summed E-state index contributed by atoms with van der Waals surface area (Å²) in [4.78, 5) is 24.5. The quantitative estimate of drug-likeness (QED) is 0.312. The minimum absolute atomic E-state index is 0.0302. The fourth-order valence-electron chi connectivity index (χ4n) is 3.71. The largest absolute Gasteiger partial charge is 0.372 e. The average Bonchev–Trinajstić information content (AvgIpc) is 3.16. The average molecular weight is 426 g/mol. The summed E-state index contributed by atoms with van der Waals surface area (Å²) in [5.74, 6) is -1.15. The summed E-state index contributed by atoms with van der Waals surface area (Å²) in [6.45, 7) is 0.0302. The minimum Gasteiger partial charge on any atom is -0.372 e. The van der Waals surface area contributed by atoms with E-state index in [9.17, 15) is 14.7 Å². The van der Waals surface area contributed by atoms with Crippen molar-refractivity contribution in [2.45, 2.75) is 12.1 Å². The molecule has 1 aromatic heterocycles. The fourth-order valence-corrected chi connectivity index (χ4v) is 3.71. The molecule has 0 unspecified atom stereocenters. The van der Waals surface area contributed by atoms with E-state index in [2.05, 4.69) is 10.5 Å². The molecule has 0 radical (unpaired) electrons. The molecule has 0 spiro atoms. The van der Waals surface area contributed by atoms with E-state index in [4.69, 9.17) is 5.73 Å². The number of aliphatic hydroxyl groups is 1. The topological polar surface area (TPSA) is 110 Å². The van der Waals surface area contributed by atoms with E-state index in [-0.39, 0.29) is 6.54 Å². The van der Waals surface area contributed by atoms with E-state index in [1.807, 2.05) is 36.4 Å². The molecular formula is C25H22N4O3. The van der Waals surface area contributed by atoms with Crippen molar-refractivity contribution in [1.29, 1.82) is 0 Å². The van der Waals surface area contributed by atoms with E-state index < -0.39 is 17.4 Å². The van der Waals surface area contributed by atoms with E-state index in [1.54, 1.807) is 59.3 Å². The normalized spacial score (nSPS) is 11.7. The third kappa shape index (κ3) is 4.01. The van der Waals surface area contributed by atoms with Gasteiger partial charge in [-0.2, -0.15) is 5.10 Å². The van der Waals surface area contributed by atoms with Crippen LogP contribution in [0.1, 0.15) is 16.7 Å². The van der Waals surface area contributed by atoms with Crippen LogP contribution in [-0.4, -0.2) is 27.7 Å². The summed E-state index contributed by atoms with van der Waals surface area (Å²) in [7, 11) is 0. The SMILES string of the molecule is NC(=O)Cn1cc(/C=N\NC(=O)C(O)(c2ccccc2)c2ccccc2)c2ccccc21. The van der Waals surface area contributed by atoms with Crippen LogP contribution in [0.25, 0.3) is 10.9 Å². The second-order valence-electron chi connectivity index (χ2n) is 7.34. The van der Waals surface area contributed by atoms with Gasteiger partial charge in [0.1, 0.15) is 6.54 Å². The molecule has 0 aliphatic rings. The molecule has 4 aromatic rings. The third-order valence-corrected chi connectivity index (χ3v) is 5.23. The Morgan fingerprint density at radius 3 is 2.09 bits per heavy atom. The number of primary amides is 1. The van der Waals surface area contributed by atoms with Crippen LogP contribution < -0.4 is 11.2 Å². The lowest BCUT2D eigenvalue weighted by Gasteiger charge is -2.27. The monoisotopic (exact) mass is 426 g/mol. The van der Waals surface area contributed by atoms with Crippen LogP contribution in [-0.2, 0) is 21.7 Å². The number of nitrogens with zero attached hydrogens (tertiary/aromatic N) is 2. The van der Waals surface area contributed by atoms with Crippen LogP contribution >= 0.6 is 0 Å². The lowest BCUT2D eigenvalue weighted by Crippen LogP contribution is -2.43. The number of aromatic nitrogens is 1. The lowest BCUT2D eigenvalue weighted by atomic mass is 9.85. The van der Waals surface area contributed by atoms with Crippen molar-refractivity contribution in [2.24, 2.45) is 10.8 Å². The number of carbonyl (C=O) groups excluding carboxylic acids is 2. The summed E-state index contributed by atoms with van der Waals surface area (Å²) in [6.07, 6.45) is 3.22. The number of para-hydroxylation sites is 1. The Kier molecular flexibility index (Phi) is 5.83. The van der Waals surface area contributed by atoms with Gasteiger partial charge in [-0.05, 0) is 17.2 Å². The maximum Gasteiger partial charge on any atom is 0.281 e. The molecule has 160 valence electrons. The molecule has 4 rings (SSSR count). The number of amides is 2. The number of hydrogen-bond donors (Lipinski definition) is 3. The van der Waals surface area contributed by atoms with Gasteiger partial charge in [-0.3, -0.25) is 9.59 Å². The van der Waals surface area contributed by atoms with Crippen LogP contribution in [0.4, 0.5) is 0 Å². The maximum absolute atomic E-state index is 13.1. The van der Waals surface area contributed by atoms with Crippen LogP contribution in [0.2, 0.25) is 0 Å². The van der Waals surface area contributed by atoms with Crippen LogP contribution in [0.15, 0.2) is 96.2 Å². The Bertz CT molecular complexity index is 1240. The molecule has 7 nitrogen and oxygen atoms in total. The predicted molar refractivity (Wildman–Crippen MR) is 123 cm³/mol. The Balaban J connectivity index is 1.64. The fraction of sp³-hybridized carbons (Fsp3) is 0.0800. The number of hydrogen-bond acceptors (Lipinski definition) is 4. The van der Waals surface area contributed by atoms with Gasteiger partial charge in [0, 0.05) is 22.7 Å². The van der Waals surface area contributed by atoms with Crippen molar-refractivity contribution in [1.82, 2.24) is 9.99 Å². The molecule has 0 fully saturated rings. The Hall–Kier alpha value is -4.23. The lowest BCUT2D eigenvalue weighted by molar-refractivity contribution is -0.136. The Morgan fingerprint density at radius 2 is 1.50 bits per heavy atom. The smallest absolute Gasteiger partial charge is 0.281 e. The molecule has 0 saturated heterocycles. The minimum atomic E-state index is -1.92. The molecule has 1 heterocycles. The van der Waals surface area contributed by atoms with E-state index >= 15 is 0 Å². The van der Waals surface area contributed by atoms with E-state index in [1.165, 1.54) is 6.21 Å². The zero-order valence-corrected chi connectivity index (χ0v) is 17.2. The van der Waals surface area contributed by atoms with Crippen molar-refractivity contribution in [3.05, 3.63) is 108 Å². The van der Waals surface area contributed by atoms with Crippen molar-refractivity contribution in [2.75, 3.05) is 0 Å². The second-order valence-corrected chi connectivity index (χ2v) is 7.34. The molecular weight excluding hydrogens is 404 g/mol. The van der Waals surface area contributed by atoms with Gasteiger partial charge in [0.15, 0.2) is 5.60 Å². The Morgan fingerprint density at radius 1 is 0.938 bits per heavy atom. The first kappa shape index (κ1) is 21.0. The van der Waals surface area contributed by atoms with Gasteiger partial charge < -0.3 is 15.4 Å². The van der Waals surface area contributed by atoms with Crippen molar-refractivity contribution >= 4 is 28.9 Å². The van der Waals surface area contributed by atoms with Crippen molar-refractivity contribution in [3.8, 4) is 0 Å². The van der Waals surface area contributed by atoms with Gasteiger partial charge in [-0.1, -0.05) is 78.9 Å². The van der Waals surface area contributed by atoms with Gasteiger partial charge >= 0.3 is 0 Å². The highest BCUT2D eigenvalue weighted by molar-refractivity contribution is 6.00. The Labute approximate surface area is 184 Å². The standard InChI is InChI=1S/C25H22N4O3/c26-23(30)17-29-16-18(21-13-7-8-14-22(21)29)15-27-28-24(31)25(32,19-9-3-1-4-10-19)20-11-5-2-6-12-20/h1-16,32H,17H2,(H2,26,30)(H,28,31)/b27-15-. The first-order valence-electron chi connectivity index (χ1n) is 10.0. The van der Waals surface area contributed by atoms with E-state index in [0.29, 0.717) is 16.7 Å². The van der Waals surface area contributed by atoms with Crippen molar-refractivity contribution < 1.29 is 14.7 Å². The number of hydrazone groups is 1. The summed E-state index contributed by atoms with van der Waals surface area (Å²) in [5.41, 5.74) is 8.27. The summed E-state index contributed by atoms with van der Waals surface area (Å²) >= 11 is 0. The van der Waals surface area contributed by atoms with Crippen molar-refractivity contribution in [3.63, 3.8) is 0 Å². The van der Waals surface area contributed by atoms with E-state index in [0.717, 1.165) is 10.9 Å². The highest BCUT2D eigenvalue weighted by Gasteiger charge is 2.39. The molecule has 7 heteroatoms. The highest BCUT2D eigenvalue weighted by atomic mass is 16.3. The molecule has 32 heavy (non-hydrogen) atoms. The van der Waals surface area contributed by atoms with Gasteiger partial charge in [-0.25, -0.2) is 5.43 Å². The molecule has 0 atom stereocenters. The number of fused-ring (bicyclic) bond motifs is 1. The predicted octanol–water partition coefficient (Wildman–Crippen LogP) is 2.51. The molecule has 2 amide bonds. The van der Waals surface area contributed by atoms with Crippen LogP contribution in [0.5, 0.6) is 0 Å². The molecule has 4 N–H and O–H groups in total. The highest BCUT2D eigenvalue weighted by Crippen LogP contribution is 2.30. The molecule has 0 saturated carbocycles. The summed E-state index contributed by atoms with van der Waals surface area (Å²) < 4.78 is 1.73. The molecule has 0 aliphatic heterocycles. The first-order chi connectivity index (χ1) is 15.5. The number of nitrogens with two attached hydrogens (primary N) is 1. The number of rotatable bonds is 7. The second kappa shape index (κ2) is 8.87. The summed E-state index contributed by atoms with van der Waals surface area (Å²) in [5, 5.41) is 16.4. The number of nitrogens with one attached hydrogen (secondary N) is 1. The van der Waals surface area contributed by atoms with Crippen LogP contribution in [0, 0.1) is 0 Å². The number of benzene rings is 3. The van der Waals surface area contributed by atoms with Gasteiger partial charge in [0.2, 0.25) is 5.91 Å². The maximum atomic E-state index is 13.1. The zero-order valence-electron chi connectivity index (χ0n) is 17.2. The van der Waals surface area contributed by atoms with Gasteiger partial charge in [0.25, 0.3) is 5.91 Å². The van der Waals surface area contributed by atoms with Gasteiger partial charge in [0.05, 0.1) is 6.21 Å². The zero-order chi connectivity index (χ0) is 22.6. The van der Waals surface area contributed by atoms with Crippen LogP contribution in [0.3, 0.4) is 0 Å². The third-order valence-electron chi connectivity index (χ3n) is 5.23. The first-order valence-corrected chi connectivity index (χ1v) is 10.0. The molecule has 0 bridgehead atoms. The molecule has 3 aromatic carbocycles. The summed E-state index contributed by atoms with van der Waals surface area (Å²) in [6, 6.07) is 24.9.